The molecular weight excluding hydrogens is 410 g/mol. The van der Waals surface area contributed by atoms with Crippen LogP contribution in [0.2, 0.25) is 0 Å². The highest BCUT2D eigenvalue weighted by Gasteiger charge is 2.32. The van der Waals surface area contributed by atoms with E-state index in [9.17, 15) is 18.0 Å². The summed E-state index contributed by atoms with van der Waals surface area (Å²) in [6, 6.07) is 9.19. The molecule has 1 aromatic carbocycles. The molecule has 0 saturated heterocycles. The fourth-order valence-corrected chi connectivity index (χ4v) is 3.99. The lowest BCUT2D eigenvalue weighted by Gasteiger charge is -2.12. The van der Waals surface area contributed by atoms with Crippen LogP contribution in [0.5, 0.6) is 5.75 Å². The molecule has 1 aromatic heterocycles. The maximum absolute atomic E-state index is 12.4. The maximum atomic E-state index is 12.4. The van der Waals surface area contributed by atoms with E-state index in [4.69, 9.17) is 13.9 Å². The lowest BCUT2D eigenvalue weighted by Crippen LogP contribution is -2.33. The van der Waals surface area contributed by atoms with E-state index < -0.39 is 9.84 Å². The van der Waals surface area contributed by atoms with Crippen LogP contribution >= 0.6 is 0 Å². The Morgan fingerprint density at radius 1 is 1.13 bits per heavy atom. The molecule has 1 amide bonds. The van der Waals surface area contributed by atoms with Gasteiger partial charge < -0.3 is 19.2 Å². The summed E-state index contributed by atoms with van der Waals surface area (Å²) >= 11 is 0. The average Bonchev–Trinajstić information content (AvgIpc) is 3.36. The molecule has 3 rings (SSSR count). The summed E-state index contributed by atoms with van der Waals surface area (Å²) in [7, 11) is -3.26. The van der Waals surface area contributed by atoms with E-state index in [-0.39, 0.29) is 41.1 Å². The Labute approximate surface area is 175 Å². The monoisotopic (exact) mass is 435 g/mol. The third-order valence-electron chi connectivity index (χ3n) is 4.91. The molecule has 8 nitrogen and oxygen atoms in total. The van der Waals surface area contributed by atoms with Crippen LogP contribution in [0.15, 0.2) is 45.7 Å². The van der Waals surface area contributed by atoms with E-state index in [0.29, 0.717) is 31.0 Å². The molecule has 162 valence electrons. The fourth-order valence-electron chi connectivity index (χ4n) is 3.36. The molecule has 9 heteroatoms. The first-order chi connectivity index (χ1) is 14.3. The molecular formula is C21H25NO7S. The third kappa shape index (κ3) is 5.63. The molecule has 0 unspecified atom stereocenters. The molecule has 2 aromatic rings. The van der Waals surface area contributed by atoms with Crippen LogP contribution in [0.1, 0.15) is 42.5 Å². The topological polar surface area (TPSA) is 112 Å². The van der Waals surface area contributed by atoms with Crippen LogP contribution in [-0.4, -0.2) is 39.2 Å². The van der Waals surface area contributed by atoms with Crippen molar-refractivity contribution >= 4 is 21.7 Å². The number of sulfone groups is 1. The van der Waals surface area contributed by atoms with Crippen molar-refractivity contribution in [3.05, 3.63) is 47.9 Å². The minimum Gasteiger partial charge on any atom is -0.486 e. The van der Waals surface area contributed by atoms with Crippen molar-refractivity contribution in [2.45, 2.75) is 43.7 Å². The van der Waals surface area contributed by atoms with Crippen molar-refractivity contribution in [2.24, 2.45) is 5.92 Å². The van der Waals surface area contributed by atoms with Crippen molar-refractivity contribution in [1.82, 2.24) is 5.32 Å². The molecule has 0 spiro atoms. The zero-order valence-corrected chi connectivity index (χ0v) is 17.7. The molecule has 0 aliphatic heterocycles. The summed E-state index contributed by atoms with van der Waals surface area (Å²) in [5.74, 6) is 0.388. The average molecular weight is 435 g/mol. The molecule has 1 saturated carbocycles. The van der Waals surface area contributed by atoms with Crippen molar-refractivity contribution in [2.75, 3.05) is 12.9 Å². The molecule has 2 atom stereocenters. The zero-order valence-electron chi connectivity index (χ0n) is 16.9. The van der Waals surface area contributed by atoms with Gasteiger partial charge in [0, 0.05) is 12.3 Å². The molecule has 1 heterocycles. The molecule has 0 bridgehead atoms. The number of furan rings is 1. The summed E-state index contributed by atoms with van der Waals surface area (Å²) in [5.41, 5.74) is 0. The summed E-state index contributed by atoms with van der Waals surface area (Å²) < 4.78 is 39.1. The summed E-state index contributed by atoms with van der Waals surface area (Å²) in [6.07, 6.45) is 3.11. The SMILES string of the molecule is CCOC(=O)[C@@H]1CC[C@H](NC(=O)c2ccc(COc3ccc(S(C)(=O)=O)cc3)o2)C1. The Kier molecular flexibility index (Phi) is 6.81. The van der Waals surface area contributed by atoms with E-state index in [2.05, 4.69) is 5.32 Å². The van der Waals surface area contributed by atoms with Crippen LogP contribution < -0.4 is 10.1 Å². The minimum absolute atomic E-state index is 0.0925. The van der Waals surface area contributed by atoms with Crippen molar-refractivity contribution < 1.29 is 31.9 Å². The Bertz CT molecular complexity index is 995. The second-order valence-corrected chi connectivity index (χ2v) is 9.25. The number of rotatable bonds is 8. The number of benzene rings is 1. The minimum atomic E-state index is -3.26. The van der Waals surface area contributed by atoms with E-state index >= 15 is 0 Å². The van der Waals surface area contributed by atoms with Crippen LogP contribution in [0, 0.1) is 5.92 Å². The van der Waals surface area contributed by atoms with E-state index in [1.54, 1.807) is 31.2 Å². The van der Waals surface area contributed by atoms with Gasteiger partial charge in [0.05, 0.1) is 17.4 Å². The summed E-state index contributed by atoms with van der Waals surface area (Å²) in [4.78, 5) is 24.4. The van der Waals surface area contributed by atoms with Crippen molar-refractivity contribution in [1.29, 1.82) is 0 Å². The van der Waals surface area contributed by atoms with Gasteiger partial charge in [0.15, 0.2) is 15.6 Å². The van der Waals surface area contributed by atoms with Gasteiger partial charge >= 0.3 is 5.97 Å². The summed E-state index contributed by atoms with van der Waals surface area (Å²) in [6.45, 7) is 2.22. The Morgan fingerprint density at radius 3 is 2.53 bits per heavy atom. The lowest BCUT2D eigenvalue weighted by atomic mass is 10.1. The van der Waals surface area contributed by atoms with Gasteiger partial charge in [0.2, 0.25) is 0 Å². The number of nitrogens with one attached hydrogen (secondary N) is 1. The Balaban J connectivity index is 1.50. The second-order valence-electron chi connectivity index (χ2n) is 7.23. The molecule has 1 N–H and O–H groups in total. The molecule has 30 heavy (non-hydrogen) atoms. The number of hydrogen-bond donors (Lipinski definition) is 1. The number of carbonyl (C=O) groups excluding carboxylic acids is 2. The van der Waals surface area contributed by atoms with E-state index in [1.807, 2.05) is 0 Å². The smallest absolute Gasteiger partial charge is 0.308 e. The molecule has 0 radical (unpaired) electrons. The normalized spacial score (nSPS) is 18.7. The first kappa shape index (κ1) is 21.9. The van der Waals surface area contributed by atoms with Gasteiger partial charge in [0.25, 0.3) is 5.91 Å². The number of esters is 1. The highest BCUT2D eigenvalue weighted by Crippen LogP contribution is 2.27. The van der Waals surface area contributed by atoms with Crippen LogP contribution in [-0.2, 0) is 26.0 Å². The van der Waals surface area contributed by atoms with Gasteiger partial charge in [-0.3, -0.25) is 9.59 Å². The predicted molar refractivity (Wildman–Crippen MR) is 108 cm³/mol. The van der Waals surface area contributed by atoms with Crippen molar-refractivity contribution in [3.8, 4) is 5.75 Å². The van der Waals surface area contributed by atoms with Crippen LogP contribution in [0.4, 0.5) is 0 Å². The van der Waals surface area contributed by atoms with Gasteiger partial charge in [-0.2, -0.15) is 0 Å². The maximum Gasteiger partial charge on any atom is 0.308 e. The van der Waals surface area contributed by atoms with Gasteiger partial charge in [0.1, 0.15) is 18.1 Å². The second kappa shape index (κ2) is 9.34. The Hall–Kier alpha value is -2.81. The molecule has 1 aliphatic carbocycles. The Morgan fingerprint density at radius 2 is 1.87 bits per heavy atom. The summed E-state index contributed by atoms with van der Waals surface area (Å²) in [5, 5.41) is 2.89. The fraction of sp³-hybridized carbons (Fsp3) is 0.429. The number of carbonyl (C=O) groups is 2. The largest absolute Gasteiger partial charge is 0.486 e. The van der Waals surface area contributed by atoms with Gasteiger partial charge in [-0.25, -0.2) is 8.42 Å². The highest BCUT2D eigenvalue weighted by atomic mass is 32.2. The van der Waals surface area contributed by atoms with Gasteiger partial charge in [-0.15, -0.1) is 0 Å². The first-order valence-corrected chi connectivity index (χ1v) is 11.6. The van der Waals surface area contributed by atoms with E-state index in [0.717, 1.165) is 12.7 Å². The first-order valence-electron chi connectivity index (χ1n) is 9.75. The highest BCUT2D eigenvalue weighted by molar-refractivity contribution is 7.90. The lowest BCUT2D eigenvalue weighted by molar-refractivity contribution is -0.147. The third-order valence-corrected chi connectivity index (χ3v) is 6.03. The molecule has 1 aliphatic rings. The number of ether oxygens (including phenoxy) is 2. The van der Waals surface area contributed by atoms with E-state index in [1.165, 1.54) is 12.1 Å². The predicted octanol–water partition coefficient (Wildman–Crippen LogP) is 2.72. The quantitative estimate of drug-likeness (QED) is 0.635. The van der Waals surface area contributed by atoms with Crippen LogP contribution in [0.25, 0.3) is 0 Å². The standard InChI is InChI=1S/C21H25NO7S/c1-3-27-21(24)14-4-5-15(12-14)22-20(23)19-11-8-17(29-19)13-28-16-6-9-18(10-7-16)30(2,25)26/h6-11,14-15H,3-5,12-13H2,1-2H3,(H,22,23)/t14-,15+/m1/s1. The zero-order chi connectivity index (χ0) is 21.7. The van der Waals surface area contributed by atoms with Crippen LogP contribution in [0.3, 0.4) is 0 Å². The number of amides is 1. The molecule has 1 fully saturated rings. The number of hydrogen-bond acceptors (Lipinski definition) is 7. The van der Waals surface area contributed by atoms with Crippen molar-refractivity contribution in [3.63, 3.8) is 0 Å². The van der Waals surface area contributed by atoms with Gasteiger partial charge in [-0.05, 0) is 62.6 Å². The van der Waals surface area contributed by atoms with Gasteiger partial charge in [-0.1, -0.05) is 0 Å².